The molecule has 0 atom stereocenters. The number of hydrogen-bond donors (Lipinski definition) is 0. The van der Waals surface area contributed by atoms with E-state index in [-0.39, 0.29) is 18.0 Å². The summed E-state index contributed by atoms with van der Waals surface area (Å²) in [5.41, 5.74) is 2.57. The number of ether oxygens (including phenoxy) is 2. The van der Waals surface area contributed by atoms with Crippen molar-refractivity contribution < 1.29 is 18.8 Å². The van der Waals surface area contributed by atoms with Crippen LogP contribution in [0.15, 0.2) is 45.6 Å². The molecular formula is C19H17NO6. The third-order valence-corrected chi connectivity index (χ3v) is 4.26. The van der Waals surface area contributed by atoms with Gasteiger partial charge in [0, 0.05) is 23.1 Å². The largest absolute Gasteiger partial charge is 0.493 e. The van der Waals surface area contributed by atoms with Crippen LogP contribution < -0.4 is 15.1 Å². The molecule has 0 spiro atoms. The number of benzene rings is 2. The third kappa shape index (κ3) is 3.23. The molecule has 0 saturated carbocycles. The molecule has 7 heteroatoms. The molecule has 0 bridgehead atoms. The molecule has 0 N–H and O–H groups in total. The number of aryl methyl sites for hydroxylation is 2. The van der Waals surface area contributed by atoms with Crippen molar-refractivity contribution in [3.8, 4) is 11.5 Å². The molecule has 3 rings (SSSR count). The monoisotopic (exact) mass is 355 g/mol. The quantitative estimate of drug-likeness (QED) is 0.391. The fraction of sp³-hybridized carbons (Fsp3) is 0.211. The number of hydrogen-bond acceptors (Lipinski definition) is 6. The summed E-state index contributed by atoms with van der Waals surface area (Å²) in [6, 6.07) is 9.32. The highest BCUT2D eigenvalue weighted by atomic mass is 16.6. The Hall–Kier alpha value is -3.35. The first-order valence-electron chi connectivity index (χ1n) is 7.89. The minimum Gasteiger partial charge on any atom is -0.493 e. The minimum atomic E-state index is -0.507. The highest BCUT2D eigenvalue weighted by molar-refractivity contribution is 5.83. The van der Waals surface area contributed by atoms with Gasteiger partial charge in [0.1, 0.15) is 12.2 Å². The van der Waals surface area contributed by atoms with Crippen LogP contribution in [0, 0.1) is 24.0 Å². The lowest BCUT2D eigenvalue weighted by Gasteiger charge is -2.12. The molecule has 0 aliphatic heterocycles. The Morgan fingerprint density at radius 3 is 2.58 bits per heavy atom. The summed E-state index contributed by atoms with van der Waals surface area (Å²) in [4.78, 5) is 22.3. The second-order valence-corrected chi connectivity index (χ2v) is 5.86. The van der Waals surface area contributed by atoms with Gasteiger partial charge in [-0.25, -0.2) is 4.79 Å². The lowest BCUT2D eigenvalue weighted by atomic mass is 10.0. The van der Waals surface area contributed by atoms with E-state index in [1.54, 1.807) is 0 Å². The Kier molecular flexibility index (Phi) is 4.62. The fourth-order valence-electron chi connectivity index (χ4n) is 2.69. The maximum atomic E-state index is 11.9. The average molecular weight is 355 g/mol. The molecule has 2 aromatic carbocycles. The molecule has 1 heterocycles. The minimum absolute atomic E-state index is 0.0916. The van der Waals surface area contributed by atoms with Gasteiger partial charge < -0.3 is 13.9 Å². The summed E-state index contributed by atoms with van der Waals surface area (Å²) < 4.78 is 16.3. The van der Waals surface area contributed by atoms with Gasteiger partial charge in [-0.05, 0) is 31.0 Å². The Morgan fingerprint density at radius 2 is 1.88 bits per heavy atom. The van der Waals surface area contributed by atoms with E-state index in [1.807, 2.05) is 26.0 Å². The van der Waals surface area contributed by atoms with Crippen LogP contribution in [-0.4, -0.2) is 12.0 Å². The predicted octanol–water partition coefficient (Wildman–Crippen LogP) is 3.91. The number of methoxy groups -OCH3 is 1. The summed E-state index contributed by atoms with van der Waals surface area (Å²) in [5, 5.41) is 11.7. The van der Waals surface area contributed by atoms with Crippen LogP contribution in [-0.2, 0) is 6.61 Å². The van der Waals surface area contributed by atoms with Crippen molar-refractivity contribution in [3.63, 3.8) is 0 Å². The second-order valence-electron chi connectivity index (χ2n) is 5.86. The molecule has 0 fully saturated rings. The van der Waals surface area contributed by atoms with Gasteiger partial charge in [0.05, 0.1) is 18.1 Å². The van der Waals surface area contributed by atoms with E-state index >= 15 is 0 Å². The van der Waals surface area contributed by atoms with Gasteiger partial charge in [-0.1, -0.05) is 12.1 Å². The van der Waals surface area contributed by atoms with E-state index in [9.17, 15) is 14.9 Å². The highest BCUT2D eigenvalue weighted by Crippen LogP contribution is 2.32. The Bertz CT molecular complexity index is 1050. The molecule has 134 valence electrons. The van der Waals surface area contributed by atoms with E-state index in [0.29, 0.717) is 16.9 Å². The number of non-ortho nitro benzene ring substituents is 1. The zero-order valence-corrected chi connectivity index (χ0v) is 14.6. The Balaban J connectivity index is 1.97. The van der Waals surface area contributed by atoms with Gasteiger partial charge >= 0.3 is 5.63 Å². The fourth-order valence-corrected chi connectivity index (χ4v) is 2.69. The van der Waals surface area contributed by atoms with Crippen molar-refractivity contribution in [1.29, 1.82) is 0 Å². The zero-order chi connectivity index (χ0) is 18.8. The molecule has 26 heavy (non-hydrogen) atoms. The van der Waals surface area contributed by atoms with Crippen molar-refractivity contribution in [2.75, 3.05) is 7.11 Å². The van der Waals surface area contributed by atoms with Crippen molar-refractivity contribution in [2.24, 2.45) is 0 Å². The van der Waals surface area contributed by atoms with Gasteiger partial charge in [-0.15, -0.1) is 0 Å². The number of fused-ring (bicyclic) bond motifs is 1. The summed E-state index contributed by atoms with van der Waals surface area (Å²) in [6.45, 7) is 3.93. The van der Waals surface area contributed by atoms with Crippen molar-refractivity contribution in [3.05, 3.63) is 73.6 Å². The van der Waals surface area contributed by atoms with Gasteiger partial charge in [0.2, 0.25) is 0 Å². The molecule has 7 nitrogen and oxygen atoms in total. The van der Waals surface area contributed by atoms with E-state index in [4.69, 9.17) is 13.9 Å². The Morgan fingerprint density at radius 1 is 1.12 bits per heavy atom. The van der Waals surface area contributed by atoms with Crippen LogP contribution in [0.25, 0.3) is 11.0 Å². The summed E-state index contributed by atoms with van der Waals surface area (Å²) in [7, 11) is 1.41. The average Bonchev–Trinajstić information content (AvgIpc) is 2.62. The SMILES string of the molecule is COc1cc([N+](=O)[O-])ccc1OCc1cc(=O)oc2c(C)c(C)ccc12. The summed E-state index contributed by atoms with van der Waals surface area (Å²) >= 11 is 0. The summed E-state index contributed by atoms with van der Waals surface area (Å²) in [6.07, 6.45) is 0. The van der Waals surface area contributed by atoms with E-state index in [2.05, 4.69) is 0 Å². The maximum Gasteiger partial charge on any atom is 0.336 e. The first-order chi connectivity index (χ1) is 12.4. The van der Waals surface area contributed by atoms with Crippen LogP contribution in [0.3, 0.4) is 0 Å². The van der Waals surface area contributed by atoms with Crippen LogP contribution in [0.2, 0.25) is 0 Å². The first kappa shape index (κ1) is 17.5. The lowest BCUT2D eigenvalue weighted by Crippen LogP contribution is -2.05. The molecule has 0 saturated heterocycles. The number of rotatable bonds is 5. The molecule has 0 aliphatic rings. The van der Waals surface area contributed by atoms with Gasteiger partial charge in [-0.3, -0.25) is 10.1 Å². The van der Waals surface area contributed by atoms with Gasteiger partial charge in [0.15, 0.2) is 11.5 Å². The molecule has 3 aromatic rings. The lowest BCUT2D eigenvalue weighted by molar-refractivity contribution is -0.385. The van der Waals surface area contributed by atoms with E-state index in [0.717, 1.165) is 16.5 Å². The second kappa shape index (κ2) is 6.87. The molecule has 0 amide bonds. The first-order valence-corrected chi connectivity index (χ1v) is 7.89. The zero-order valence-electron chi connectivity index (χ0n) is 14.6. The van der Waals surface area contributed by atoms with Gasteiger partial charge in [-0.2, -0.15) is 0 Å². The molecule has 0 radical (unpaired) electrons. The number of nitro benzene ring substituents is 1. The van der Waals surface area contributed by atoms with Crippen molar-refractivity contribution in [1.82, 2.24) is 0 Å². The van der Waals surface area contributed by atoms with Gasteiger partial charge in [0.25, 0.3) is 5.69 Å². The van der Waals surface area contributed by atoms with E-state index in [1.165, 1.54) is 31.4 Å². The topological polar surface area (TPSA) is 91.8 Å². The molecule has 1 aromatic heterocycles. The van der Waals surface area contributed by atoms with E-state index < -0.39 is 10.5 Å². The van der Waals surface area contributed by atoms with Crippen LogP contribution >= 0.6 is 0 Å². The number of nitrogens with zero attached hydrogens (tertiary/aromatic N) is 1. The Labute approximate surface area is 148 Å². The van der Waals surface area contributed by atoms with Crippen LogP contribution in [0.5, 0.6) is 11.5 Å². The smallest absolute Gasteiger partial charge is 0.336 e. The van der Waals surface area contributed by atoms with Crippen molar-refractivity contribution in [2.45, 2.75) is 20.5 Å². The normalized spacial score (nSPS) is 10.7. The van der Waals surface area contributed by atoms with Crippen LogP contribution in [0.4, 0.5) is 5.69 Å². The maximum absolute atomic E-state index is 11.9. The standard InChI is InChI=1S/C19H17NO6/c1-11-4-6-15-13(8-18(21)26-19(15)12(11)2)10-25-16-7-5-14(20(22)23)9-17(16)24-3/h4-9H,10H2,1-3H3. The molecule has 0 unspecified atom stereocenters. The van der Waals surface area contributed by atoms with Crippen LogP contribution in [0.1, 0.15) is 16.7 Å². The summed E-state index contributed by atoms with van der Waals surface area (Å²) in [5.74, 6) is 0.599. The third-order valence-electron chi connectivity index (χ3n) is 4.26. The van der Waals surface area contributed by atoms with Crippen molar-refractivity contribution >= 4 is 16.7 Å². The molecular weight excluding hydrogens is 338 g/mol. The molecule has 0 aliphatic carbocycles. The predicted molar refractivity (Wildman–Crippen MR) is 95.9 cm³/mol. The number of nitro groups is 1. The highest BCUT2D eigenvalue weighted by Gasteiger charge is 2.14.